The Labute approximate surface area is 172 Å². The molecule has 2 aromatic rings. The second-order valence-electron chi connectivity index (χ2n) is 6.55. The smallest absolute Gasteiger partial charge is 0.254 e. The van der Waals surface area contributed by atoms with Crippen LogP contribution in [0.1, 0.15) is 52.6 Å². The number of aromatic nitrogens is 1. The fraction of sp³-hybridized carbons (Fsp3) is 0.333. The van der Waals surface area contributed by atoms with Crippen LogP contribution in [0.15, 0.2) is 28.9 Å². The molecule has 0 spiro atoms. The maximum absolute atomic E-state index is 13.2. The van der Waals surface area contributed by atoms with Crippen molar-refractivity contribution in [2.24, 2.45) is 0 Å². The number of pyridine rings is 1. The van der Waals surface area contributed by atoms with Gasteiger partial charge >= 0.3 is 0 Å². The number of aldehydes is 1. The summed E-state index contributed by atoms with van der Waals surface area (Å²) in [5, 5.41) is 9.21. The summed E-state index contributed by atoms with van der Waals surface area (Å²) >= 11 is 3.53. The normalized spacial score (nSPS) is 14.2. The first kappa shape index (κ1) is 20.0. The molecule has 1 aliphatic rings. The molecule has 0 aliphatic carbocycles. The molecule has 1 amide bonds. The van der Waals surface area contributed by atoms with Crippen LogP contribution in [0.25, 0.3) is 0 Å². The summed E-state index contributed by atoms with van der Waals surface area (Å²) in [6, 6.07) is 7.22. The highest BCUT2D eigenvalue weighted by Crippen LogP contribution is 2.33. The second kappa shape index (κ2) is 8.53. The summed E-state index contributed by atoms with van der Waals surface area (Å²) < 4.78 is 6.40. The van der Waals surface area contributed by atoms with Crippen molar-refractivity contribution in [1.82, 2.24) is 9.88 Å². The van der Waals surface area contributed by atoms with Gasteiger partial charge in [0.15, 0.2) is 0 Å². The average molecular weight is 442 g/mol. The zero-order chi connectivity index (χ0) is 20.3. The topological polar surface area (TPSA) is 83.3 Å². The van der Waals surface area contributed by atoms with E-state index in [1.165, 1.54) is 6.20 Å². The molecule has 0 N–H and O–H groups in total. The van der Waals surface area contributed by atoms with E-state index < -0.39 is 0 Å². The highest BCUT2D eigenvalue weighted by molar-refractivity contribution is 9.10. The minimum absolute atomic E-state index is 0.0914. The summed E-state index contributed by atoms with van der Waals surface area (Å²) in [6.07, 6.45) is 3.29. The number of ether oxygens (including phenoxy) is 1. The molecule has 1 aliphatic heterocycles. The summed E-state index contributed by atoms with van der Waals surface area (Å²) in [5.74, 6) is 0.383. The first-order chi connectivity index (χ1) is 13.5. The van der Waals surface area contributed by atoms with Crippen LogP contribution in [0.2, 0.25) is 0 Å². The van der Waals surface area contributed by atoms with Gasteiger partial charge in [-0.1, -0.05) is 15.9 Å². The van der Waals surface area contributed by atoms with Crippen molar-refractivity contribution in [2.45, 2.75) is 32.7 Å². The second-order valence-corrected chi connectivity index (χ2v) is 7.40. The van der Waals surface area contributed by atoms with E-state index in [0.29, 0.717) is 42.1 Å². The van der Waals surface area contributed by atoms with Crippen molar-refractivity contribution in [3.05, 3.63) is 56.8 Å². The third kappa shape index (κ3) is 3.78. The van der Waals surface area contributed by atoms with Gasteiger partial charge in [0.2, 0.25) is 0 Å². The Bertz CT molecular complexity index is 968. The molecular formula is C21H20BrN3O3. The Morgan fingerprint density at radius 1 is 1.43 bits per heavy atom. The van der Waals surface area contributed by atoms with Gasteiger partial charge in [-0.15, -0.1) is 0 Å². The number of amides is 1. The van der Waals surface area contributed by atoms with Crippen molar-refractivity contribution in [2.75, 3.05) is 13.2 Å². The molecule has 0 bridgehead atoms. The van der Waals surface area contributed by atoms with Crippen LogP contribution in [0.5, 0.6) is 5.75 Å². The molecular weight excluding hydrogens is 422 g/mol. The van der Waals surface area contributed by atoms with Gasteiger partial charge in [-0.3, -0.25) is 9.78 Å². The van der Waals surface area contributed by atoms with Gasteiger partial charge in [0.1, 0.15) is 23.7 Å². The number of nitriles is 1. The van der Waals surface area contributed by atoms with Crippen LogP contribution >= 0.6 is 15.9 Å². The molecule has 28 heavy (non-hydrogen) atoms. The Kier molecular flexibility index (Phi) is 6.10. The van der Waals surface area contributed by atoms with Crippen LogP contribution in [0.4, 0.5) is 0 Å². The van der Waals surface area contributed by atoms with Crippen LogP contribution in [-0.4, -0.2) is 35.2 Å². The number of carbonyl (C=O) groups is 2. The fourth-order valence-electron chi connectivity index (χ4n) is 3.41. The van der Waals surface area contributed by atoms with Crippen LogP contribution in [-0.2, 0) is 17.6 Å². The lowest BCUT2D eigenvalue weighted by atomic mass is 9.94. The molecule has 1 aromatic carbocycles. The van der Waals surface area contributed by atoms with Gasteiger partial charge < -0.3 is 14.4 Å². The highest BCUT2D eigenvalue weighted by Gasteiger charge is 2.31. The van der Waals surface area contributed by atoms with E-state index in [4.69, 9.17) is 4.74 Å². The van der Waals surface area contributed by atoms with E-state index in [1.54, 1.807) is 17.0 Å². The number of halogens is 1. The van der Waals surface area contributed by atoms with Crippen molar-refractivity contribution in [1.29, 1.82) is 5.26 Å². The predicted octanol–water partition coefficient (Wildman–Crippen LogP) is 3.62. The van der Waals surface area contributed by atoms with Gasteiger partial charge in [0, 0.05) is 35.3 Å². The van der Waals surface area contributed by atoms with E-state index in [9.17, 15) is 14.9 Å². The van der Waals surface area contributed by atoms with Gasteiger partial charge in [-0.25, -0.2) is 0 Å². The fourth-order valence-corrected chi connectivity index (χ4v) is 4.11. The Morgan fingerprint density at radius 2 is 2.21 bits per heavy atom. The van der Waals surface area contributed by atoms with Crippen molar-refractivity contribution < 1.29 is 14.3 Å². The Morgan fingerprint density at radius 3 is 2.89 bits per heavy atom. The standard InChI is InChI=1S/C21H20BrN3O3/c1-3-28-20-10-19(24-12-15(20)11-23)13(2)25-6-4-16-17(21(25)27)8-14(5-7-26)9-18(16)22/h7-10,12-13H,3-6H2,1-2H3. The molecule has 0 radical (unpaired) electrons. The minimum atomic E-state index is -0.277. The van der Waals surface area contributed by atoms with Crippen LogP contribution in [0, 0.1) is 11.3 Å². The maximum atomic E-state index is 13.2. The van der Waals surface area contributed by atoms with Gasteiger partial charge in [0.25, 0.3) is 5.91 Å². The molecule has 0 saturated carbocycles. The first-order valence-corrected chi connectivity index (χ1v) is 9.88. The third-order valence-corrected chi connectivity index (χ3v) is 5.58. The number of rotatable bonds is 6. The molecule has 2 heterocycles. The average Bonchev–Trinajstić information content (AvgIpc) is 2.69. The first-order valence-electron chi connectivity index (χ1n) is 9.08. The van der Waals surface area contributed by atoms with E-state index >= 15 is 0 Å². The third-order valence-electron chi connectivity index (χ3n) is 4.87. The zero-order valence-electron chi connectivity index (χ0n) is 15.7. The van der Waals surface area contributed by atoms with Gasteiger partial charge in [-0.2, -0.15) is 5.26 Å². The number of hydrogen-bond donors (Lipinski definition) is 0. The minimum Gasteiger partial charge on any atom is -0.492 e. The summed E-state index contributed by atoms with van der Waals surface area (Å²) in [5.41, 5.74) is 3.42. The molecule has 144 valence electrons. The maximum Gasteiger partial charge on any atom is 0.254 e. The number of benzene rings is 1. The molecule has 1 atom stereocenters. The van der Waals surface area contributed by atoms with Crippen LogP contribution in [0.3, 0.4) is 0 Å². The largest absolute Gasteiger partial charge is 0.492 e. The molecule has 3 rings (SSSR count). The number of fused-ring (bicyclic) bond motifs is 1. The van der Waals surface area contributed by atoms with Crippen LogP contribution < -0.4 is 4.74 Å². The lowest BCUT2D eigenvalue weighted by Crippen LogP contribution is -2.40. The van der Waals surface area contributed by atoms with Gasteiger partial charge in [-0.05, 0) is 43.5 Å². The predicted molar refractivity (Wildman–Crippen MR) is 107 cm³/mol. The number of carbonyl (C=O) groups excluding carboxylic acids is 2. The summed E-state index contributed by atoms with van der Waals surface area (Å²) in [4.78, 5) is 30.2. The summed E-state index contributed by atoms with van der Waals surface area (Å²) in [6.45, 7) is 4.77. The lowest BCUT2D eigenvalue weighted by Gasteiger charge is -2.34. The number of nitrogens with zero attached hydrogens (tertiary/aromatic N) is 3. The molecule has 0 saturated heterocycles. The van der Waals surface area contributed by atoms with Crippen molar-refractivity contribution >= 4 is 28.1 Å². The lowest BCUT2D eigenvalue weighted by molar-refractivity contribution is -0.107. The quantitative estimate of drug-likeness (QED) is 0.639. The van der Waals surface area contributed by atoms with E-state index in [0.717, 1.165) is 21.9 Å². The van der Waals surface area contributed by atoms with Crippen molar-refractivity contribution in [3.8, 4) is 11.8 Å². The summed E-state index contributed by atoms with van der Waals surface area (Å²) in [7, 11) is 0. The van der Waals surface area contributed by atoms with E-state index in [1.807, 2.05) is 19.9 Å². The van der Waals surface area contributed by atoms with Gasteiger partial charge in [0.05, 0.1) is 18.3 Å². The molecule has 1 aromatic heterocycles. The molecule has 0 fully saturated rings. The zero-order valence-corrected chi connectivity index (χ0v) is 17.3. The molecule has 1 unspecified atom stereocenters. The van der Waals surface area contributed by atoms with E-state index in [2.05, 4.69) is 27.0 Å². The highest BCUT2D eigenvalue weighted by atomic mass is 79.9. The monoisotopic (exact) mass is 441 g/mol. The number of hydrogen-bond acceptors (Lipinski definition) is 5. The Balaban J connectivity index is 1.93. The van der Waals surface area contributed by atoms with E-state index in [-0.39, 0.29) is 18.4 Å². The molecule has 7 heteroatoms. The SMILES string of the molecule is CCOc1cc(C(C)N2CCc3c(Br)cc(CC=O)cc3C2=O)ncc1C#N. The Hall–Kier alpha value is -2.72. The van der Waals surface area contributed by atoms with Crippen molar-refractivity contribution in [3.63, 3.8) is 0 Å². The molecule has 6 nitrogen and oxygen atoms in total.